The summed E-state index contributed by atoms with van der Waals surface area (Å²) in [4.78, 5) is 10.8. The number of carboxylic acid groups (broad SMARTS) is 1. The average Bonchev–Trinajstić information content (AvgIpc) is 2.16. The quantitative estimate of drug-likeness (QED) is 0.742. The van der Waals surface area contributed by atoms with Crippen LogP contribution in [0.5, 0.6) is 5.75 Å². The van der Waals surface area contributed by atoms with Crippen LogP contribution in [0.25, 0.3) is 0 Å². The maximum absolute atomic E-state index is 10.8. The summed E-state index contributed by atoms with van der Waals surface area (Å²) in [6.45, 7) is 1.76. The number of phenols is 1. The van der Waals surface area contributed by atoms with Gasteiger partial charge in [0.25, 0.3) is 0 Å². The first-order chi connectivity index (χ1) is 6.60. The predicted octanol–water partition coefficient (Wildman–Crippen LogP) is 1.52. The lowest BCUT2D eigenvalue weighted by molar-refractivity contribution is 0.0695. The van der Waals surface area contributed by atoms with Crippen molar-refractivity contribution in [2.75, 3.05) is 0 Å². The van der Waals surface area contributed by atoms with Crippen molar-refractivity contribution in [3.05, 3.63) is 28.8 Å². The molecule has 0 heterocycles. The second kappa shape index (κ2) is 3.79. The van der Waals surface area contributed by atoms with Crippen molar-refractivity contribution >= 4 is 5.97 Å². The molecule has 0 atom stereocenters. The van der Waals surface area contributed by atoms with Gasteiger partial charge in [-0.05, 0) is 24.1 Å². The van der Waals surface area contributed by atoms with Gasteiger partial charge in [-0.3, -0.25) is 0 Å². The summed E-state index contributed by atoms with van der Waals surface area (Å²) < 4.78 is 0. The molecule has 4 nitrogen and oxygen atoms in total. The van der Waals surface area contributed by atoms with E-state index in [9.17, 15) is 9.90 Å². The van der Waals surface area contributed by atoms with Crippen molar-refractivity contribution in [2.45, 2.75) is 13.3 Å². The molecule has 1 rings (SSSR count). The maximum atomic E-state index is 10.8. The van der Waals surface area contributed by atoms with Gasteiger partial charge in [0.1, 0.15) is 5.75 Å². The van der Waals surface area contributed by atoms with E-state index in [1.807, 2.05) is 6.07 Å². The third kappa shape index (κ3) is 1.67. The lowest BCUT2D eigenvalue weighted by Crippen LogP contribution is -2.03. The van der Waals surface area contributed by atoms with Crippen LogP contribution >= 0.6 is 0 Å². The summed E-state index contributed by atoms with van der Waals surface area (Å²) in [6.07, 6.45) is 0.449. The van der Waals surface area contributed by atoms with Gasteiger partial charge in [-0.2, -0.15) is 5.26 Å². The number of aromatic hydroxyl groups is 1. The molecule has 1 aromatic carbocycles. The van der Waals surface area contributed by atoms with Crippen molar-refractivity contribution in [1.82, 2.24) is 0 Å². The zero-order chi connectivity index (χ0) is 10.7. The Morgan fingerprint density at radius 1 is 1.57 bits per heavy atom. The standard InChI is InChI=1S/C10H9NO3/c1-2-8-6(5-11)3-7(12)4-9(8)10(13)14/h3-4,12H,2H2,1H3,(H,13,14). The Balaban J connectivity index is 3.49. The average molecular weight is 191 g/mol. The molecule has 72 valence electrons. The third-order valence-corrected chi connectivity index (χ3v) is 1.94. The minimum absolute atomic E-state index is 0.0101. The molecule has 4 heteroatoms. The van der Waals surface area contributed by atoms with Crippen LogP contribution in [0.2, 0.25) is 0 Å². The first-order valence-electron chi connectivity index (χ1n) is 4.09. The fourth-order valence-electron chi connectivity index (χ4n) is 1.33. The van der Waals surface area contributed by atoms with Crippen molar-refractivity contribution in [1.29, 1.82) is 5.26 Å². The molecule has 0 saturated heterocycles. The molecule has 0 saturated carbocycles. The van der Waals surface area contributed by atoms with Crippen molar-refractivity contribution in [3.63, 3.8) is 0 Å². The first kappa shape index (κ1) is 10.1. The molecule has 0 spiro atoms. The van der Waals surface area contributed by atoms with E-state index in [0.717, 1.165) is 6.07 Å². The Morgan fingerprint density at radius 3 is 2.64 bits per heavy atom. The third-order valence-electron chi connectivity index (χ3n) is 1.94. The van der Waals surface area contributed by atoms with Crippen molar-refractivity contribution in [2.24, 2.45) is 0 Å². The SMILES string of the molecule is CCc1c(C#N)cc(O)cc1C(=O)O. The summed E-state index contributed by atoms with van der Waals surface area (Å²) in [5, 5.41) is 26.7. The van der Waals surface area contributed by atoms with Crippen LogP contribution in [-0.4, -0.2) is 16.2 Å². The highest BCUT2D eigenvalue weighted by atomic mass is 16.4. The number of benzene rings is 1. The highest BCUT2D eigenvalue weighted by molar-refractivity contribution is 5.90. The molecule has 0 unspecified atom stereocenters. The molecule has 0 aliphatic rings. The molecular weight excluding hydrogens is 182 g/mol. The van der Waals surface area contributed by atoms with Gasteiger partial charge in [0.15, 0.2) is 0 Å². The largest absolute Gasteiger partial charge is 0.508 e. The molecule has 0 aromatic heterocycles. The van der Waals surface area contributed by atoms with Crippen LogP contribution in [0.3, 0.4) is 0 Å². The number of hydrogen-bond donors (Lipinski definition) is 2. The number of aromatic carboxylic acids is 1. The molecule has 0 fully saturated rings. The maximum Gasteiger partial charge on any atom is 0.336 e. The van der Waals surface area contributed by atoms with Gasteiger partial charge in [0.05, 0.1) is 17.2 Å². The lowest BCUT2D eigenvalue weighted by atomic mass is 9.99. The Morgan fingerprint density at radius 2 is 2.21 bits per heavy atom. The topological polar surface area (TPSA) is 81.3 Å². The molecule has 0 aliphatic heterocycles. The smallest absolute Gasteiger partial charge is 0.336 e. The van der Waals surface area contributed by atoms with Gasteiger partial charge < -0.3 is 10.2 Å². The van der Waals surface area contributed by atoms with E-state index in [2.05, 4.69) is 0 Å². The molecule has 14 heavy (non-hydrogen) atoms. The summed E-state index contributed by atoms with van der Waals surface area (Å²) in [5.74, 6) is -1.33. The van der Waals surface area contributed by atoms with Crippen LogP contribution < -0.4 is 0 Å². The zero-order valence-electron chi connectivity index (χ0n) is 7.61. The lowest BCUT2D eigenvalue weighted by Gasteiger charge is -2.06. The van der Waals surface area contributed by atoms with Crippen LogP contribution in [0, 0.1) is 11.3 Å². The van der Waals surface area contributed by atoms with Gasteiger partial charge in [-0.1, -0.05) is 6.92 Å². The minimum atomic E-state index is -1.13. The second-order valence-corrected chi connectivity index (χ2v) is 2.79. The van der Waals surface area contributed by atoms with Gasteiger partial charge in [0, 0.05) is 0 Å². The zero-order valence-corrected chi connectivity index (χ0v) is 7.61. The summed E-state index contributed by atoms with van der Waals surface area (Å²) in [7, 11) is 0. The highest BCUT2D eigenvalue weighted by Gasteiger charge is 2.14. The number of nitriles is 1. The molecule has 0 aliphatic carbocycles. The molecular formula is C10H9NO3. The predicted molar refractivity (Wildman–Crippen MR) is 49.2 cm³/mol. The van der Waals surface area contributed by atoms with E-state index in [0.29, 0.717) is 12.0 Å². The van der Waals surface area contributed by atoms with Crippen molar-refractivity contribution in [3.8, 4) is 11.8 Å². The van der Waals surface area contributed by atoms with Gasteiger partial charge in [-0.25, -0.2) is 4.79 Å². The van der Waals surface area contributed by atoms with Crippen LogP contribution in [0.4, 0.5) is 0 Å². The van der Waals surface area contributed by atoms with Crippen molar-refractivity contribution < 1.29 is 15.0 Å². The first-order valence-corrected chi connectivity index (χ1v) is 4.09. The number of nitrogens with zero attached hydrogens (tertiary/aromatic N) is 1. The van der Waals surface area contributed by atoms with Crippen LogP contribution in [0.15, 0.2) is 12.1 Å². The second-order valence-electron chi connectivity index (χ2n) is 2.79. The van der Waals surface area contributed by atoms with Crippen LogP contribution in [0.1, 0.15) is 28.4 Å². The number of hydrogen-bond acceptors (Lipinski definition) is 3. The van der Waals surface area contributed by atoms with Crippen LogP contribution in [-0.2, 0) is 6.42 Å². The Kier molecular flexibility index (Phi) is 2.73. The van der Waals surface area contributed by atoms with E-state index < -0.39 is 5.97 Å². The summed E-state index contributed by atoms with van der Waals surface area (Å²) >= 11 is 0. The van der Waals surface area contributed by atoms with E-state index in [1.54, 1.807) is 6.92 Å². The number of carbonyl (C=O) groups is 1. The van der Waals surface area contributed by atoms with E-state index in [4.69, 9.17) is 10.4 Å². The summed E-state index contributed by atoms with van der Waals surface area (Å²) in [6, 6.07) is 4.28. The molecule has 0 amide bonds. The molecule has 2 N–H and O–H groups in total. The number of phenolic OH excluding ortho intramolecular Hbond substituents is 1. The Hall–Kier alpha value is -2.02. The Bertz CT molecular complexity index is 418. The van der Waals surface area contributed by atoms with Gasteiger partial charge >= 0.3 is 5.97 Å². The monoisotopic (exact) mass is 191 g/mol. The molecule has 0 bridgehead atoms. The Labute approximate surface area is 81.0 Å². The number of carboxylic acids is 1. The van der Waals surface area contributed by atoms with Gasteiger partial charge in [0.2, 0.25) is 0 Å². The van der Waals surface area contributed by atoms with E-state index in [-0.39, 0.29) is 16.9 Å². The minimum Gasteiger partial charge on any atom is -0.508 e. The van der Waals surface area contributed by atoms with E-state index in [1.165, 1.54) is 6.07 Å². The number of rotatable bonds is 2. The fraction of sp³-hybridized carbons (Fsp3) is 0.200. The van der Waals surface area contributed by atoms with Gasteiger partial charge in [-0.15, -0.1) is 0 Å². The summed E-state index contributed by atoms with van der Waals surface area (Å²) in [5.41, 5.74) is 0.659. The molecule has 1 aromatic rings. The fourth-order valence-corrected chi connectivity index (χ4v) is 1.33. The normalized spacial score (nSPS) is 9.43. The highest BCUT2D eigenvalue weighted by Crippen LogP contribution is 2.21. The van der Waals surface area contributed by atoms with E-state index >= 15 is 0 Å². The molecule has 0 radical (unpaired) electrons.